The lowest BCUT2D eigenvalue weighted by Crippen LogP contribution is -1.96. The average Bonchev–Trinajstić information content (AvgIpc) is 2.04. The summed E-state index contributed by atoms with van der Waals surface area (Å²) in [5.41, 5.74) is 5.40. The van der Waals surface area contributed by atoms with Crippen molar-refractivity contribution in [3.8, 4) is 0 Å². The molecule has 0 aliphatic rings. The van der Waals surface area contributed by atoms with E-state index in [9.17, 15) is 0 Å². The van der Waals surface area contributed by atoms with Gasteiger partial charge in [-0.2, -0.15) is 15.0 Å². The molecule has 8 heteroatoms. The van der Waals surface area contributed by atoms with E-state index in [2.05, 4.69) is 57.5 Å². The van der Waals surface area contributed by atoms with E-state index >= 15 is 0 Å². The largest absolute Gasteiger partial charge is 0.505 e. The summed E-state index contributed by atoms with van der Waals surface area (Å²) in [5, 5.41) is 2.98. The van der Waals surface area contributed by atoms with Gasteiger partial charge in [-0.25, -0.2) is 4.99 Å². The quantitative estimate of drug-likeness (QED) is 0.497. The first-order valence-electron chi connectivity index (χ1n) is 3.26. The van der Waals surface area contributed by atoms with Gasteiger partial charge < -0.3 is 27.1 Å². The topological polar surface area (TPSA) is 89.4 Å². The van der Waals surface area contributed by atoms with Crippen LogP contribution in [-0.2, 0) is 0 Å². The second kappa shape index (κ2) is 5.06. The summed E-state index contributed by atoms with van der Waals surface area (Å²) in [5.74, 6) is 0.590. The average molecular weight is 202 g/mol. The van der Waals surface area contributed by atoms with Crippen molar-refractivity contribution in [1.82, 2.24) is 15.0 Å². The molecule has 0 aromatic carbocycles. The first-order valence-corrected chi connectivity index (χ1v) is 4.59. The number of nitrogen functional groups attached to an aromatic ring is 1. The number of hydrogen-bond donors (Lipinski definition) is 1. The van der Waals surface area contributed by atoms with Crippen LogP contribution in [-0.4, -0.2) is 57.7 Å². The molecule has 1 heterocycles. The zero-order chi connectivity index (χ0) is 9.68. The Morgan fingerprint density at radius 3 is 2.38 bits per heavy atom. The van der Waals surface area contributed by atoms with Crippen LogP contribution >= 0.6 is 0 Å². The molecule has 13 heavy (non-hydrogen) atoms. The SMILES string of the molecule is Nc1nc(N=[CH][Al])nc(N=[CH][Al-])n1. The minimum atomic E-state index is 0.103. The second-order valence-corrected chi connectivity index (χ2v) is 2.45. The van der Waals surface area contributed by atoms with Gasteiger partial charge in [0.25, 0.3) is 11.9 Å². The maximum absolute atomic E-state index is 5.40. The summed E-state index contributed by atoms with van der Waals surface area (Å²) < 4.78 is 0. The van der Waals surface area contributed by atoms with Crippen molar-refractivity contribution in [2.24, 2.45) is 9.98 Å². The predicted molar refractivity (Wildman–Crippen MR) is 52.1 cm³/mol. The molecule has 2 N–H and O–H groups in total. The number of aliphatic imine (C=N–C) groups is 2. The summed E-state index contributed by atoms with van der Waals surface area (Å²) in [6, 6.07) is 0. The van der Waals surface area contributed by atoms with Crippen molar-refractivity contribution in [2.75, 3.05) is 5.73 Å². The monoisotopic (exact) mass is 202 g/mol. The van der Waals surface area contributed by atoms with Gasteiger partial charge in [0.15, 0.2) is 16.3 Å². The third-order valence-electron chi connectivity index (χ3n) is 1.01. The number of aromatic nitrogens is 3. The van der Waals surface area contributed by atoms with Gasteiger partial charge in [0, 0.05) is 0 Å². The Labute approximate surface area is 91.3 Å². The molecule has 0 unspecified atom stereocenters. The van der Waals surface area contributed by atoms with Gasteiger partial charge >= 0.3 is 0 Å². The van der Waals surface area contributed by atoms with Crippen molar-refractivity contribution in [3.63, 3.8) is 0 Å². The summed E-state index contributed by atoms with van der Waals surface area (Å²) in [4.78, 5) is 19.1. The fourth-order valence-corrected chi connectivity index (χ4v) is 0.885. The van der Waals surface area contributed by atoms with Crippen molar-refractivity contribution >= 4 is 60.6 Å². The zero-order valence-electron chi connectivity index (χ0n) is 6.62. The zero-order valence-corrected chi connectivity index (χ0v) is 8.93. The van der Waals surface area contributed by atoms with E-state index < -0.39 is 0 Å². The van der Waals surface area contributed by atoms with Crippen molar-refractivity contribution in [2.45, 2.75) is 0 Å². The van der Waals surface area contributed by atoms with Crippen LogP contribution in [0.4, 0.5) is 17.8 Å². The molecule has 0 saturated carbocycles. The van der Waals surface area contributed by atoms with E-state index in [-0.39, 0.29) is 17.8 Å². The van der Waals surface area contributed by atoms with Crippen LogP contribution in [0.1, 0.15) is 0 Å². The van der Waals surface area contributed by atoms with Gasteiger partial charge in [0.05, 0.1) is 0 Å². The summed E-state index contributed by atoms with van der Waals surface area (Å²) in [6.07, 6.45) is 0. The standard InChI is InChI=1S/C5H4N6.2Al/c1-7-4-9-3(6)10-5(8-2)11-4;;/h1-2H,(H2,6,9,10,11);;/q;;-1. The lowest BCUT2D eigenvalue weighted by molar-refractivity contribution is 1.04. The minimum absolute atomic E-state index is 0.103. The highest BCUT2D eigenvalue weighted by Crippen LogP contribution is 2.10. The van der Waals surface area contributed by atoms with Crippen LogP contribution in [0.25, 0.3) is 0 Å². The lowest BCUT2D eigenvalue weighted by Gasteiger charge is -1.97. The van der Waals surface area contributed by atoms with E-state index in [1.165, 1.54) is 10.2 Å². The second-order valence-electron chi connectivity index (χ2n) is 1.85. The molecule has 0 bridgehead atoms. The first-order chi connectivity index (χ1) is 6.26. The highest BCUT2D eigenvalue weighted by Gasteiger charge is 1.98. The molecule has 6 nitrogen and oxygen atoms in total. The van der Waals surface area contributed by atoms with Crippen molar-refractivity contribution < 1.29 is 0 Å². The Morgan fingerprint density at radius 1 is 1.23 bits per heavy atom. The third-order valence-corrected chi connectivity index (χ3v) is 1.31. The summed E-state index contributed by atoms with van der Waals surface area (Å²) >= 11 is 4.62. The van der Waals surface area contributed by atoms with Crippen LogP contribution in [0.15, 0.2) is 9.98 Å². The molecule has 5 radical (unpaired) electrons. The van der Waals surface area contributed by atoms with Crippen LogP contribution < -0.4 is 5.73 Å². The fourth-order valence-electron chi connectivity index (χ4n) is 0.618. The molecule has 61 valence electrons. The highest BCUT2D eigenvalue weighted by molar-refractivity contribution is 6.50. The Bertz CT molecular complexity index is 319. The molecule has 0 aliphatic heterocycles. The normalized spacial score (nSPS) is 11.5. The number of rotatable bonds is 2. The molecular weight excluding hydrogens is 198 g/mol. The molecule has 1 aromatic heterocycles. The molecule has 0 aliphatic carbocycles. The Morgan fingerprint density at radius 2 is 1.85 bits per heavy atom. The smallest absolute Gasteiger partial charge is 0.254 e. The molecule has 0 fully saturated rings. The Balaban J connectivity index is 3.10. The van der Waals surface area contributed by atoms with Crippen LogP contribution in [0.5, 0.6) is 0 Å². The van der Waals surface area contributed by atoms with E-state index in [4.69, 9.17) is 5.73 Å². The summed E-state index contributed by atoms with van der Waals surface area (Å²) in [6.45, 7) is 0. The molecule has 0 spiro atoms. The fraction of sp³-hybridized carbons (Fsp3) is 0. The van der Waals surface area contributed by atoms with Crippen molar-refractivity contribution in [3.05, 3.63) is 0 Å². The number of hydrogen-bond acceptors (Lipinski definition) is 6. The van der Waals surface area contributed by atoms with Crippen molar-refractivity contribution in [1.29, 1.82) is 0 Å². The van der Waals surface area contributed by atoms with Gasteiger partial charge in [-0.1, -0.05) is 5.08 Å². The maximum Gasteiger partial charge on any atom is 0.254 e. The lowest BCUT2D eigenvalue weighted by atomic mass is 10.8. The maximum atomic E-state index is 5.40. The van der Waals surface area contributed by atoms with Crippen LogP contribution in [0, 0.1) is 0 Å². The number of nitrogens with zero attached hydrogens (tertiary/aromatic N) is 5. The highest BCUT2D eigenvalue weighted by atomic mass is 27.0. The molecule has 1 rings (SSSR count). The van der Waals surface area contributed by atoms with E-state index in [1.54, 1.807) is 0 Å². The van der Waals surface area contributed by atoms with Gasteiger partial charge in [-0.15, -0.1) is 0 Å². The van der Waals surface area contributed by atoms with E-state index in [1.807, 2.05) is 0 Å². The first kappa shape index (κ1) is 10.3. The predicted octanol–water partition coefficient (Wildman–Crippen LogP) is -0.890. The summed E-state index contributed by atoms with van der Waals surface area (Å²) in [7, 11) is 0. The van der Waals surface area contributed by atoms with Gasteiger partial charge in [-0.3, -0.25) is 4.99 Å². The van der Waals surface area contributed by atoms with Gasteiger partial charge in [0.2, 0.25) is 5.95 Å². The Kier molecular flexibility index (Phi) is 4.00. The molecule has 0 amide bonds. The van der Waals surface area contributed by atoms with E-state index in [0.717, 1.165) is 0 Å². The number of anilines is 1. The van der Waals surface area contributed by atoms with Gasteiger partial charge in [0.1, 0.15) is 0 Å². The molecule has 0 atom stereocenters. The Hall–Kier alpha value is -0.785. The van der Waals surface area contributed by atoms with Crippen LogP contribution in [0.2, 0.25) is 0 Å². The molecular formula is C5H4Al2N6-. The molecule has 0 saturated heterocycles. The third kappa shape index (κ3) is 3.21. The minimum Gasteiger partial charge on any atom is -0.505 e. The number of nitrogens with two attached hydrogens (primary N) is 1. The van der Waals surface area contributed by atoms with Crippen LogP contribution in [0.3, 0.4) is 0 Å². The molecule has 1 aromatic rings. The van der Waals surface area contributed by atoms with E-state index in [0.29, 0.717) is 0 Å². The van der Waals surface area contributed by atoms with Gasteiger partial charge in [-0.05, 0) is 0 Å².